The first kappa shape index (κ1) is 13.0. The Labute approximate surface area is 127 Å². The third kappa shape index (κ3) is 2.38. The van der Waals surface area contributed by atoms with Gasteiger partial charge in [-0.1, -0.05) is 36.4 Å². The van der Waals surface area contributed by atoms with Gasteiger partial charge in [0.1, 0.15) is 5.37 Å². The van der Waals surface area contributed by atoms with Crippen molar-refractivity contribution in [2.75, 3.05) is 0 Å². The summed E-state index contributed by atoms with van der Waals surface area (Å²) in [5, 5.41) is 14.4. The topological polar surface area (TPSA) is 35.8 Å². The van der Waals surface area contributed by atoms with Gasteiger partial charge in [0.2, 0.25) is 0 Å². The van der Waals surface area contributed by atoms with Crippen LogP contribution in [0.15, 0.2) is 59.5 Å². The molecule has 4 heteroatoms. The monoisotopic (exact) mass is 296 g/mol. The van der Waals surface area contributed by atoms with Crippen LogP contribution in [0.2, 0.25) is 0 Å². The van der Waals surface area contributed by atoms with Crippen LogP contribution in [0.25, 0.3) is 11.3 Å². The van der Waals surface area contributed by atoms with E-state index in [0.717, 1.165) is 21.7 Å². The molecule has 1 atom stereocenters. The van der Waals surface area contributed by atoms with Crippen molar-refractivity contribution < 1.29 is 0 Å². The van der Waals surface area contributed by atoms with E-state index in [1.807, 2.05) is 53.9 Å². The lowest BCUT2D eigenvalue weighted by atomic mass is 9.99. The highest BCUT2D eigenvalue weighted by molar-refractivity contribution is 7.81. The number of allylic oxidation sites excluding steroid dienone is 2. The molecule has 98 valence electrons. The summed E-state index contributed by atoms with van der Waals surface area (Å²) in [6.45, 7) is 0. The number of hydrogen-bond donors (Lipinski definition) is 2. The van der Waals surface area contributed by atoms with Crippen molar-refractivity contribution >= 4 is 35.2 Å². The van der Waals surface area contributed by atoms with E-state index in [1.165, 1.54) is 0 Å². The van der Waals surface area contributed by atoms with Gasteiger partial charge in [-0.05, 0) is 23.1 Å². The third-order valence-electron chi connectivity index (χ3n) is 3.14. The predicted octanol–water partition coefficient (Wildman–Crippen LogP) is 3.93. The van der Waals surface area contributed by atoms with Crippen LogP contribution in [-0.2, 0) is 0 Å². The zero-order valence-corrected chi connectivity index (χ0v) is 12.3. The highest BCUT2D eigenvalue weighted by atomic mass is 32.1. The SMILES string of the molecule is N#CC1=C(c2cccs2)C=C(c2ccccc2)NC1S. The Morgan fingerprint density at radius 1 is 1.15 bits per heavy atom. The van der Waals surface area contributed by atoms with Crippen LogP contribution in [0.3, 0.4) is 0 Å². The zero-order valence-electron chi connectivity index (χ0n) is 10.6. The van der Waals surface area contributed by atoms with Crippen molar-refractivity contribution in [3.8, 4) is 6.07 Å². The molecule has 1 aliphatic heterocycles. The van der Waals surface area contributed by atoms with E-state index in [9.17, 15) is 5.26 Å². The molecule has 1 aliphatic rings. The van der Waals surface area contributed by atoms with Crippen molar-refractivity contribution in [2.45, 2.75) is 5.37 Å². The average molecular weight is 296 g/mol. The van der Waals surface area contributed by atoms with Crippen molar-refractivity contribution in [3.63, 3.8) is 0 Å². The number of hydrogen-bond acceptors (Lipinski definition) is 4. The first-order chi connectivity index (χ1) is 9.79. The molecule has 2 heterocycles. The van der Waals surface area contributed by atoms with Crippen molar-refractivity contribution in [1.82, 2.24) is 5.32 Å². The molecule has 0 bridgehead atoms. The van der Waals surface area contributed by atoms with Gasteiger partial charge >= 0.3 is 0 Å². The molecule has 0 fully saturated rings. The molecule has 0 saturated heterocycles. The quantitative estimate of drug-likeness (QED) is 0.824. The zero-order chi connectivity index (χ0) is 13.9. The molecule has 0 saturated carbocycles. The van der Waals surface area contributed by atoms with E-state index >= 15 is 0 Å². The first-order valence-corrected chi connectivity index (χ1v) is 7.59. The lowest BCUT2D eigenvalue weighted by molar-refractivity contribution is 0.916. The summed E-state index contributed by atoms with van der Waals surface area (Å²) >= 11 is 6.14. The average Bonchev–Trinajstić information content (AvgIpc) is 3.01. The standard InChI is InChI=1S/C16H12N2S2/c17-10-13-12(15-7-4-8-20-15)9-14(18-16(13)19)11-5-2-1-3-6-11/h1-9,16,18-19H. The fourth-order valence-electron chi connectivity index (χ4n) is 2.17. The van der Waals surface area contributed by atoms with Gasteiger partial charge in [0, 0.05) is 16.1 Å². The van der Waals surface area contributed by atoms with Gasteiger partial charge in [-0.25, -0.2) is 0 Å². The molecule has 3 rings (SSSR count). The maximum absolute atomic E-state index is 9.37. The van der Waals surface area contributed by atoms with Crippen molar-refractivity contribution in [2.24, 2.45) is 0 Å². The van der Waals surface area contributed by atoms with Crippen molar-refractivity contribution in [1.29, 1.82) is 5.26 Å². The molecule has 1 aromatic carbocycles. The Morgan fingerprint density at radius 3 is 2.60 bits per heavy atom. The smallest absolute Gasteiger partial charge is 0.106 e. The Kier molecular flexibility index (Phi) is 3.64. The summed E-state index contributed by atoms with van der Waals surface area (Å²) in [7, 11) is 0. The fourth-order valence-corrected chi connectivity index (χ4v) is 3.26. The van der Waals surface area contributed by atoms with Gasteiger partial charge in [0.25, 0.3) is 0 Å². The lowest BCUT2D eigenvalue weighted by Crippen LogP contribution is -2.27. The lowest BCUT2D eigenvalue weighted by Gasteiger charge is -2.24. The van der Waals surface area contributed by atoms with E-state index in [0.29, 0.717) is 5.57 Å². The Bertz CT molecular complexity index is 707. The highest BCUT2D eigenvalue weighted by Crippen LogP contribution is 2.33. The second-order valence-electron chi connectivity index (χ2n) is 4.39. The van der Waals surface area contributed by atoms with E-state index in [1.54, 1.807) is 11.3 Å². The van der Waals surface area contributed by atoms with E-state index in [4.69, 9.17) is 0 Å². The summed E-state index contributed by atoms with van der Waals surface area (Å²) in [5.74, 6) is 0. The summed E-state index contributed by atoms with van der Waals surface area (Å²) in [4.78, 5) is 1.09. The number of rotatable bonds is 2. The van der Waals surface area contributed by atoms with Crippen LogP contribution in [-0.4, -0.2) is 5.37 Å². The highest BCUT2D eigenvalue weighted by Gasteiger charge is 2.22. The molecular formula is C16H12N2S2. The molecule has 0 aliphatic carbocycles. The van der Waals surface area contributed by atoms with E-state index in [-0.39, 0.29) is 5.37 Å². The number of nitrogens with zero attached hydrogens (tertiary/aromatic N) is 1. The Morgan fingerprint density at radius 2 is 1.95 bits per heavy atom. The minimum atomic E-state index is -0.280. The molecule has 2 nitrogen and oxygen atoms in total. The molecular weight excluding hydrogens is 284 g/mol. The van der Waals surface area contributed by atoms with Gasteiger partial charge in [0.05, 0.1) is 11.6 Å². The summed E-state index contributed by atoms with van der Waals surface area (Å²) in [6, 6.07) is 16.4. The van der Waals surface area contributed by atoms with Gasteiger partial charge in [-0.15, -0.1) is 24.0 Å². The van der Waals surface area contributed by atoms with Gasteiger partial charge in [-0.3, -0.25) is 0 Å². The van der Waals surface area contributed by atoms with Crippen LogP contribution in [0, 0.1) is 11.3 Å². The summed E-state index contributed by atoms with van der Waals surface area (Å²) in [6.07, 6.45) is 2.03. The fraction of sp³-hybridized carbons (Fsp3) is 0.0625. The van der Waals surface area contributed by atoms with Crippen molar-refractivity contribution in [3.05, 3.63) is 69.9 Å². The Hall–Kier alpha value is -1.96. The summed E-state index contributed by atoms with van der Waals surface area (Å²) < 4.78 is 0. The predicted molar refractivity (Wildman–Crippen MR) is 87.2 cm³/mol. The number of nitriles is 1. The van der Waals surface area contributed by atoms with Crippen LogP contribution < -0.4 is 5.32 Å². The first-order valence-electron chi connectivity index (χ1n) is 6.19. The number of benzene rings is 1. The molecule has 0 amide bonds. The van der Waals surface area contributed by atoms with Gasteiger partial charge in [0.15, 0.2) is 0 Å². The maximum atomic E-state index is 9.37. The summed E-state index contributed by atoms with van der Waals surface area (Å²) in [5.41, 5.74) is 3.71. The molecule has 0 spiro atoms. The molecule has 1 unspecified atom stereocenters. The molecule has 2 aromatic rings. The van der Waals surface area contributed by atoms with Gasteiger partial charge < -0.3 is 5.32 Å². The number of dihydropyridines is 1. The number of thiol groups is 1. The van der Waals surface area contributed by atoms with Crippen LogP contribution in [0.5, 0.6) is 0 Å². The van der Waals surface area contributed by atoms with Crippen LogP contribution in [0.4, 0.5) is 0 Å². The largest absolute Gasteiger partial charge is 0.369 e. The van der Waals surface area contributed by atoms with E-state index < -0.39 is 0 Å². The molecule has 0 radical (unpaired) electrons. The maximum Gasteiger partial charge on any atom is 0.106 e. The van der Waals surface area contributed by atoms with Gasteiger partial charge in [-0.2, -0.15) is 5.26 Å². The van der Waals surface area contributed by atoms with E-state index in [2.05, 4.69) is 24.0 Å². The second-order valence-corrected chi connectivity index (χ2v) is 5.85. The van der Waals surface area contributed by atoms with Crippen LogP contribution in [0.1, 0.15) is 10.4 Å². The molecule has 1 N–H and O–H groups in total. The molecule has 20 heavy (non-hydrogen) atoms. The van der Waals surface area contributed by atoms with Crippen LogP contribution >= 0.6 is 24.0 Å². The molecule has 1 aromatic heterocycles. The second kappa shape index (κ2) is 5.58. The minimum Gasteiger partial charge on any atom is -0.369 e. The normalized spacial score (nSPS) is 18.2. The third-order valence-corrected chi connectivity index (χ3v) is 4.43. The number of nitrogens with one attached hydrogen (secondary N) is 1. The Balaban J connectivity index is 2.12. The number of thiophene rings is 1. The minimum absolute atomic E-state index is 0.280.